The number of rotatable bonds is 7. The van der Waals surface area contributed by atoms with E-state index in [2.05, 4.69) is 54.0 Å². The Labute approximate surface area is 167 Å². The third-order valence-corrected chi connectivity index (χ3v) is 5.31. The smallest absolute Gasteiger partial charge is 0.149 e. The van der Waals surface area contributed by atoms with Crippen LogP contribution in [0.1, 0.15) is 25.8 Å². The molecule has 1 aromatic carbocycles. The fourth-order valence-electron chi connectivity index (χ4n) is 3.86. The predicted octanol–water partition coefficient (Wildman–Crippen LogP) is 3.48. The minimum Gasteiger partial charge on any atom is -0.491 e. The SMILES string of the molecule is CCN1CC(C)=C(OCCCc2ccccc2)C2=C1N1CN(OC)C=C1C=N2. The van der Waals surface area contributed by atoms with Gasteiger partial charge in [0, 0.05) is 13.1 Å². The molecule has 0 radical (unpaired) electrons. The maximum Gasteiger partial charge on any atom is 0.149 e. The van der Waals surface area contributed by atoms with E-state index in [-0.39, 0.29) is 0 Å². The summed E-state index contributed by atoms with van der Waals surface area (Å²) in [6.45, 7) is 7.44. The second kappa shape index (κ2) is 8.10. The molecule has 0 N–H and O–H groups in total. The quantitative estimate of drug-likeness (QED) is 0.678. The summed E-state index contributed by atoms with van der Waals surface area (Å²) in [5.41, 5.74) is 4.55. The molecule has 148 valence electrons. The molecule has 0 atom stereocenters. The Balaban J connectivity index is 1.50. The molecule has 1 aromatic rings. The van der Waals surface area contributed by atoms with Gasteiger partial charge in [-0.15, -0.1) is 0 Å². The summed E-state index contributed by atoms with van der Waals surface area (Å²) in [7, 11) is 1.69. The molecule has 0 saturated carbocycles. The lowest BCUT2D eigenvalue weighted by Gasteiger charge is -2.40. The van der Waals surface area contributed by atoms with Gasteiger partial charge in [0.1, 0.15) is 23.9 Å². The summed E-state index contributed by atoms with van der Waals surface area (Å²) >= 11 is 0. The number of hydrogen-bond donors (Lipinski definition) is 0. The van der Waals surface area contributed by atoms with Gasteiger partial charge in [0.2, 0.25) is 0 Å². The van der Waals surface area contributed by atoms with Crippen molar-refractivity contribution in [2.45, 2.75) is 26.7 Å². The number of hydrogen-bond acceptors (Lipinski definition) is 6. The Bertz CT molecular complexity index is 841. The molecule has 0 bridgehead atoms. The molecule has 0 aromatic heterocycles. The average Bonchev–Trinajstić information content (AvgIpc) is 3.16. The van der Waals surface area contributed by atoms with Crippen molar-refractivity contribution in [3.63, 3.8) is 0 Å². The summed E-state index contributed by atoms with van der Waals surface area (Å²) in [6, 6.07) is 10.6. The van der Waals surface area contributed by atoms with Gasteiger partial charge in [0.25, 0.3) is 0 Å². The molecule has 6 nitrogen and oxygen atoms in total. The molecule has 4 rings (SSSR count). The van der Waals surface area contributed by atoms with Gasteiger partial charge in [-0.05, 0) is 37.8 Å². The molecule has 0 spiro atoms. The Morgan fingerprint density at radius 3 is 2.75 bits per heavy atom. The van der Waals surface area contributed by atoms with Gasteiger partial charge in [0.15, 0.2) is 0 Å². The van der Waals surface area contributed by atoms with Gasteiger partial charge < -0.3 is 14.5 Å². The van der Waals surface area contributed by atoms with Crippen LogP contribution in [0.4, 0.5) is 0 Å². The zero-order valence-electron chi connectivity index (χ0n) is 16.9. The van der Waals surface area contributed by atoms with E-state index in [9.17, 15) is 0 Å². The van der Waals surface area contributed by atoms with E-state index in [1.54, 1.807) is 7.11 Å². The lowest BCUT2D eigenvalue weighted by Crippen LogP contribution is -2.42. The molecular weight excluding hydrogens is 352 g/mol. The van der Waals surface area contributed by atoms with Gasteiger partial charge in [-0.25, -0.2) is 10.1 Å². The van der Waals surface area contributed by atoms with E-state index in [1.165, 1.54) is 11.1 Å². The Morgan fingerprint density at radius 2 is 2.00 bits per heavy atom. The van der Waals surface area contributed by atoms with Crippen LogP contribution in [-0.2, 0) is 16.0 Å². The summed E-state index contributed by atoms with van der Waals surface area (Å²) in [4.78, 5) is 14.8. The first kappa shape index (κ1) is 18.6. The van der Waals surface area contributed by atoms with Crippen LogP contribution < -0.4 is 0 Å². The van der Waals surface area contributed by atoms with Gasteiger partial charge >= 0.3 is 0 Å². The van der Waals surface area contributed by atoms with Crippen molar-refractivity contribution < 1.29 is 9.57 Å². The average molecular weight is 380 g/mol. The van der Waals surface area contributed by atoms with Gasteiger partial charge in [-0.1, -0.05) is 30.3 Å². The molecule has 0 amide bonds. The lowest BCUT2D eigenvalue weighted by molar-refractivity contribution is -0.0972. The topological polar surface area (TPSA) is 40.5 Å². The summed E-state index contributed by atoms with van der Waals surface area (Å²) < 4.78 is 6.27. The number of nitrogens with zero attached hydrogens (tertiary/aromatic N) is 4. The number of ether oxygens (including phenoxy) is 1. The molecule has 28 heavy (non-hydrogen) atoms. The Hall–Kier alpha value is -2.73. The minimum atomic E-state index is 0.660. The first-order valence-corrected chi connectivity index (χ1v) is 9.91. The van der Waals surface area contributed by atoms with Crippen molar-refractivity contribution in [1.82, 2.24) is 14.9 Å². The normalized spacial score (nSPS) is 18.5. The number of aliphatic imine (C=N–C) groups is 1. The van der Waals surface area contributed by atoms with Crippen molar-refractivity contribution >= 4 is 6.21 Å². The zero-order valence-corrected chi connectivity index (χ0v) is 16.9. The highest BCUT2D eigenvalue weighted by molar-refractivity contribution is 5.82. The van der Waals surface area contributed by atoms with Gasteiger partial charge in [-0.2, -0.15) is 0 Å². The predicted molar refractivity (Wildman–Crippen MR) is 110 cm³/mol. The lowest BCUT2D eigenvalue weighted by atomic mass is 10.1. The summed E-state index contributed by atoms with van der Waals surface area (Å²) in [5.74, 6) is 2.04. The maximum absolute atomic E-state index is 6.27. The Kier molecular flexibility index (Phi) is 5.39. The van der Waals surface area contributed by atoms with E-state index in [0.29, 0.717) is 13.3 Å². The highest BCUT2D eigenvalue weighted by Crippen LogP contribution is 2.37. The Morgan fingerprint density at radius 1 is 1.18 bits per heavy atom. The van der Waals surface area contributed by atoms with Crippen LogP contribution in [0.5, 0.6) is 0 Å². The van der Waals surface area contributed by atoms with E-state index in [0.717, 1.165) is 48.9 Å². The summed E-state index contributed by atoms with van der Waals surface area (Å²) in [6.07, 6.45) is 5.88. The van der Waals surface area contributed by atoms with Crippen LogP contribution in [0.2, 0.25) is 0 Å². The fraction of sp³-hybridized carbons (Fsp3) is 0.409. The first-order valence-electron chi connectivity index (χ1n) is 9.91. The monoisotopic (exact) mass is 380 g/mol. The standard InChI is InChI=1S/C22H28N4O2/c1-4-24-14-17(2)21(28-12-8-11-18-9-6-5-7-10-18)20-22(24)26-16-25(27-3)15-19(26)13-23-20/h5-7,9-10,13,15H,4,8,11-12,14,16H2,1-3H3. The van der Waals surface area contributed by atoms with Crippen molar-refractivity contribution in [2.75, 3.05) is 33.5 Å². The number of allylic oxidation sites excluding steroid dienone is 1. The highest BCUT2D eigenvalue weighted by Gasteiger charge is 2.36. The highest BCUT2D eigenvalue weighted by atomic mass is 16.7. The van der Waals surface area contributed by atoms with Gasteiger partial charge in [0.05, 0.1) is 31.8 Å². The number of hydroxylamine groups is 2. The first-order chi connectivity index (χ1) is 13.7. The zero-order chi connectivity index (χ0) is 19.5. The van der Waals surface area contributed by atoms with Crippen molar-refractivity contribution in [3.05, 3.63) is 70.6 Å². The maximum atomic E-state index is 6.27. The van der Waals surface area contributed by atoms with Crippen molar-refractivity contribution in [1.29, 1.82) is 0 Å². The van der Waals surface area contributed by atoms with Crippen LogP contribution in [0.15, 0.2) is 70.1 Å². The number of benzene rings is 1. The van der Waals surface area contributed by atoms with Crippen LogP contribution in [-0.4, -0.2) is 54.6 Å². The van der Waals surface area contributed by atoms with E-state index >= 15 is 0 Å². The molecule has 0 saturated heterocycles. The van der Waals surface area contributed by atoms with Crippen LogP contribution in [0.25, 0.3) is 0 Å². The second-order valence-corrected chi connectivity index (χ2v) is 7.21. The van der Waals surface area contributed by atoms with E-state index in [4.69, 9.17) is 14.6 Å². The van der Waals surface area contributed by atoms with E-state index < -0.39 is 0 Å². The molecular formula is C22H28N4O2. The fourth-order valence-corrected chi connectivity index (χ4v) is 3.86. The van der Waals surface area contributed by atoms with Crippen molar-refractivity contribution in [2.24, 2.45) is 4.99 Å². The molecule has 6 heteroatoms. The molecule has 0 fully saturated rings. The summed E-state index contributed by atoms with van der Waals surface area (Å²) in [5, 5.41) is 1.82. The molecule has 3 aliphatic rings. The number of likely N-dealkylation sites (N-methyl/N-ethyl adjacent to an activating group) is 1. The molecule has 0 aliphatic carbocycles. The van der Waals surface area contributed by atoms with E-state index in [1.807, 2.05) is 17.5 Å². The molecule has 3 aliphatic heterocycles. The third-order valence-electron chi connectivity index (χ3n) is 5.31. The van der Waals surface area contributed by atoms with Gasteiger partial charge in [-0.3, -0.25) is 4.84 Å². The molecule has 3 heterocycles. The van der Waals surface area contributed by atoms with Crippen molar-refractivity contribution in [3.8, 4) is 0 Å². The number of fused-ring (bicyclic) bond motifs is 2. The number of aryl methyl sites for hydroxylation is 1. The third kappa shape index (κ3) is 3.52. The van der Waals surface area contributed by atoms with Crippen LogP contribution >= 0.6 is 0 Å². The minimum absolute atomic E-state index is 0.660. The largest absolute Gasteiger partial charge is 0.491 e. The second-order valence-electron chi connectivity index (χ2n) is 7.21. The van der Waals surface area contributed by atoms with Crippen LogP contribution in [0.3, 0.4) is 0 Å². The molecule has 0 unspecified atom stereocenters. The van der Waals surface area contributed by atoms with Crippen LogP contribution in [0, 0.1) is 0 Å².